The van der Waals surface area contributed by atoms with Crippen LogP contribution in [0.25, 0.3) is 33.5 Å². The molecule has 8 nitrogen and oxygen atoms in total. The Balaban J connectivity index is 1.53. The number of benzene rings is 1. The number of aromatic nitrogens is 3. The average molecular weight is 474 g/mol. The van der Waals surface area contributed by atoms with E-state index in [9.17, 15) is 8.76 Å². The number of hydrogen-bond acceptors (Lipinski definition) is 8. The number of nitrogens with zero attached hydrogens (tertiary/aromatic N) is 4. The van der Waals surface area contributed by atoms with Crippen LogP contribution in [0.15, 0.2) is 60.9 Å². The fourth-order valence-electron chi connectivity index (χ4n) is 4.41. The van der Waals surface area contributed by atoms with E-state index in [1.54, 1.807) is 24.5 Å². The molecule has 4 N–H and O–H groups in total. The van der Waals surface area contributed by atoms with Crippen LogP contribution in [0.3, 0.4) is 0 Å². The van der Waals surface area contributed by atoms with Crippen LogP contribution in [0.5, 0.6) is 0 Å². The van der Waals surface area contributed by atoms with Crippen LogP contribution in [0, 0.1) is 0 Å². The maximum atomic E-state index is 10.9. The van der Waals surface area contributed by atoms with E-state index < -0.39 is 11.1 Å². The summed E-state index contributed by atoms with van der Waals surface area (Å²) in [6.45, 7) is 1.76. The molecule has 0 aliphatic carbocycles. The second-order valence-corrected chi connectivity index (χ2v) is 9.44. The number of nitrogens with two attached hydrogens (primary N) is 2. The Bertz CT molecular complexity index is 1360. The zero-order valence-electron chi connectivity index (χ0n) is 18.6. The Labute approximate surface area is 200 Å². The minimum atomic E-state index is -2.12. The van der Waals surface area contributed by atoms with E-state index in [1.807, 2.05) is 36.4 Å². The van der Waals surface area contributed by atoms with E-state index in [-0.39, 0.29) is 11.8 Å². The predicted molar refractivity (Wildman–Crippen MR) is 135 cm³/mol. The van der Waals surface area contributed by atoms with Crippen LogP contribution in [0.4, 0.5) is 11.4 Å². The highest BCUT2D eigenvalue weighted by molar-refractivity contribution is 7.78. The summed E-state index contributed by atoms with van der Waals surface area (Å²) in [7, 11) is 0. The quantitative estimate of drug-likeness (QED) is 0.422. The molecule has 4 aromatic rings. The van der Waals surface area contributed by atoms with Gasteiger partial charge in [-0.2, -0.15) is 0 Å². The van der Waals surface area contributed by atoms with Crippen molar-refractivity contribution in [2.75, 3.05) is 23.7 Å². The highest BCUT2D eigenvalue weighted by atomic mass is 32.2. The summed E-state index contributed by atoms with van der Waals surface area (Å²) in [4.78, 5) is 16.2. The normalized spacial score (nSPS) is 17.1. The molecule has 34 heavy (non-hydrogen) atoms. The molecule has 0 saturated carbocycles. The van der Waals surface area contributed by atoms with E-state index >= 15 is 0 Å². The largest absolute Gasteiger partial charge is 0.772 e. The number of fused-ring (bicyclic) bond motifs is 1. The summed E-state index contributed by atoms with van der Waals surface area (Å²) in [5, 5.41) is 0.989. The number of nitrogen functional groups attached to an aromatic ring is 1. The number of hydrogen-bond donors (Lipinski definition) is 2. The van der Waals surface area contributed by atoms with Gasteiger partial charge in [0, 0.05) is 47.7 Å². The van der Waals surface area contributed by atoms with Gasteiger partial charge in [-0.25, -0.2) is 4.98 Å². The number of piperidine rings is 1. The third-order valence-corrected chi connectivity index (χ3v) is 6.68. The molecule has 9 heteroatoms. The molecule has 1 aromatic carbocycles. The number of pyridine rings is 3. The molecule has 3 aromatic heterocycles. The van der Waals surface area contributed by atoms with Gasteiger partial charge in [0.25, 0.3) is 0 Å². The van der Waals surface area contributed by atoms with Gasteiger partial charge in [0.05, 0.1) is 28.8 Å². The second-order valence-electron chi connectivity index (χ2n) is 8.54. The van der Waals surface area contributed by atoms with Gasteiger partial charge in [-0.3, -0.25) is 14.2 Å². The molecule has 1 aliphatic heterocycles. The Morgan fingerprint density at radius 1 is 1.09 bits per heavy atom. The topological polar surface area (TPSA) is 134 Å². The molecule has 4 heterocycles. The molecule has 2 atom stereocenters. The lowest BCUT2D eigenvalue weighted by Crippen LogP contribution is -2.42. The molecule has 0 radical (unpaired) electrons. The monoisotopic (exact) mass is 473 g/mol. The molecule has 174 valence electrons. The molecule has 0 spiro atoms. The van der Waals surface area contributed by atoms with Gasteiger partial charge in [0.1, 0.15) is 5.69 Å². The zero-order chi connectivity index (χ0) is 23.7. The van der Waals surface area contributed by atoms with Crippen LogP contribution in [-0.2, 0) is 16.8 Å². The molecule has 0 bridgehead atoms. The Kier molecular flexibility index (Phi) is 6.23. The van der Waals surface area contributed by atoms with E-state index in [4.69, 9.17) is 16.5 Å². The van der Waals surface area contributed by atoms with Crippen LogP contribution in [-0.4, -0.2) is 42.8 Å². The third kappa shape index (κ3) is 4.63. The van der Waals surface area contributed by atoms with Crippen molar-refractivity contribution in [2.45, 2.75) is 24.6 Å². The molecular formula is C25H25N6O2S-. The lowest BCUT2D eigenvalue weighted by molar-refractivity contribution is 0.507. The Morgan fingerprint density at radius 2 is 1.91 bits per heavy atom. The van der Waals surface area contributed by atoms with Gasteiger partial charge in [-0.1, -0.05) is 35.3 Å². The van der Waals surface area contributed by atoms with Crippen LogP contribution in [0.1, 0.15) is 18.4 Å². The first kappa shape index (κ1) is 22.4. The predicted octanol–water partition coefficient (Wildman–Crippen LogP) is 3.25. The van der Waals surface area contributed by atoms with Crippen molar-refractivity contribution in [1.82, 2.24) is 15.0 Å². The van der Waals surface area contributed by atoms with Gasteiger partial charge in [-0.15, -0.1) is 0 Å². The van der Waals surface area contributed by atoms with Crippen LogP contribution < -0.4 is 16.4 Å². The van der Waals surface area contributed by atoms with Crippen molar-refractivity contribution in [3.63, 3.8) is 0 Å². The molecule has 1 aliphatic rings. The maximum Gasteiger partial charge on any atom is 0.112 e. The van der Waals surface area contributed by atoms with Crippen molar-refractivity contribution in [3.8, 4) is 22.6 Å². The van der Waals surface area contributed by atoms with Crippen molar-refractivity contribution < 1.29 is 8.76 Å². The summed E-state index contributed by atoms with van der Waals surface area (Å²) < 4.78 is 21.9. The number of rotatable bonds is 5. The fraction of sp³-hybridized carbons (Fsp3) is 0.240. The van der Waals surface area contributed by atoms with Crippen molar-refractivity contribution >= 4 is 33.4 Å². The minimum Gasteiger partial charge on any atom is -0.772 e. The molecule has 1 unspecified atom stereocenters. The minimum absolute atomic E-state index is 0.0139. The summed E-state index contributed by atoms with van der Waals surface area (Å²) in [5.74, 6) is -0.0139. The number of anilines is 2. The van der Waals surface area contributed by atoms with Gasteiger partial charge in [0.15, 0.2) is 0 Å². The van der Waals surface area contributed by atoms with Crippen LogP contribution in [0.2, 0.25) is 0 Å². The smallest absolute Gasteiger partial charge is 0.112 e. The molecule has 5 rings (SSSR count). The average Bonchev–Trinajstić information content (AvgIpc) is 2.84. The van der Waals surface area contributed by atoms with Gasteiger partial charge >= 0.3 is 0 Å². The molecule has 1 saturated heterocycles. The van der Waals surface area contributed by atoms with E-state index in [0.717, 1.165) is 59.3 Å². The SMILES string of the molecule is Nc1ccc(-c2ccc(CS(=O)[O-])cc2)nc1-c1cc2c(N3CCC[C@H](N)C3)ccnc2cn1. The second kappa shape index (κ2) is 9.46. The highest BCUT2D eigenvalue weighted by Gasteiger charge is 2.20. The molecular weight excluding hydrogens is 448 g/mol. The van der Waals surface area contributed by atoms with Crippen molar-refractivity contribution in [1.29, 1.82) is 0 Å². The first-order valence-corrected chi connectivity index (χ1v) is 12.4. The van der Waals surface area contributed by atoms with Gasteiger partial charge in [0.2, 0.25) is 0 Å². The summed E-state index contributed by atoms with van der Waals surface area (Å²) >= 11 is -2.12. The summed E-state index contributed by atoms with van der Waals surface area (Å²) in [6, 6.07) is 15.1. The maximum absolute atomic E-state index is 10.9. The first-order chi connectivity index (χ1) is 16.5. The van der Waals surface area contributed by atoms with Crippen molar-refractivity contribution in [3.05, 3.63) is 66.5 Å². The van der Waals surface area contributed by atoms with Crippen LogP contribution >= 0.6 is 0 Å². The lowest BCUT2D eigenvalue weighted by Gasteiger charge is -2.33. The lowest BCUT2D eigenvalue weighted by atomic mass is 10.0. The van der Waals surface area contributed by atoms with E-state index in [2.05, 4.69) is 14.9 Å². The van der Waals surface area contributed by atoms with Crippen molar-refractivity contribution in [2.24, 2.45) is 5.73 Å². The molecule has 1 fully saturated rings. The molecule has 0 amide bonds. The first-order valence-electron chi connectivity index (χ1n) is 11.2. The Morgan fingerprint density at radius 3 is 2.68 bits per heavy atom. The van der Waals surface area contributed by atoms with Gasteiger partial charge < -0.3 is 20.9 Å². The Hall–Kier alpha value is -3.40. The van der Waals surface area contributed by atoms with E-state index in [1.165, 1.54) is 0 Å². The third-order valence-electron chi connectivity index (χ3n) is 6.11. The summed E-state index contributed by atoms with van der Waals surface area (Å²) in [5.41, 5.74) is 18.5. The zero-order valence-corrected chi connectivity index (χ0v) is 19.4. The fourth-order valence-corrected chi connectivity index (χ4v) is 4.88. The van der Waals surface area contributed by atoms with E-state index in [0.29, 0.717) is 17.1 Å². The highest BCUT2D eigenvalue weighted by Crippen LogP contribution is 2.32. The van der Waals surface area contributed by atoms with Gasteiger partial charge in [-0.05, 0) is 42.7 Å². The standard InChI is InChI=1S/C25H26N6O2S/c26-18-2-1-11-31(14-18)24-9-10-28-23-13-29-22(12-19(23)24)25-20(27)7-8-21(30-25)17-5-3-16(4-6-17)15-34(32)33/h3-10,12-13,18H,1-2,11,14-15,26-27H2,(H,32,33)/p-1/t18-/m0/s1. The summed E-state index contributed by atoms with van der Waals surface area (Å²) in [6.07, 6.45) is 5.65.